The van der Waals surface area contributed by atoms with Gasteiger partial charge in [0.1, 0.15) is 11.6 Å². The molecule has 3 aromatic carbocycles. The zero-order valence-corrected chi connectivity index (χ0v) is 16.1. The van der Waals surface area contributed by atoms with Crippen LogP contribution in [0.2, 0.25) is 0 Å². The van der Waals surface area contributed by atoms with Crippen LogP contribution in [-0.2, 0) is 4.79 Å². The van der Waals surface area contributed by atoms with E-state index in [2.05, 4.69) is 10.2 Å². The van der Waals surface area contributed by atoms with Gasteiger partial charge in [-0.1, -0.05) is 48.2 Å². The van der Waals surface area contributed by atoms with Gasteiger partial charge in [0.05, 0.1) is 5.75 Å². The Morgan fingerprint density at radius 1 is 0.897 bits per heavy atom. The van der Waals surface area contributed by atoms with Crippen molar-refractivity contribution in [3.05, 3.63) is 90.7 Å². The lowest BCUT2D eigenvalue weighted by Gasteiger charge is -2.10. The highest BCUT2D eigenvalue weighted by molar-refractivity contribution is 7.99. The second-order valence-electron chi connectivity index (χ2n) is 6.06. The van der Waals surface area contributed by atoms with Crippen LogP contribution in [0.1, 0.15) is 0 Å². The normalized spacial score (nSPS) is 10.7. The molecular weight excluding hydrogens is 389 g/mol. The summed E-state index contributed by atoms with van der Waals surface area (Å²) < 4.78 is 20.5. The van der Waals surface area contributed by atoms with Crippen LogP contribution in [0.15, 0.2) is 90.1 Å². The molecule has 0 fully saturated rings. The lowest BCUT2D eigenvalue weighted by Crippen LogP contribution is -2.11. The fourth-order valence-corrected chi connectivity index (χ4v) is 3.46. The van der Waals surface area contributed by atoms with Crippen molar-refractivity contribution < 1.29 is 13.9 Å². The number of benzene rings is 3. The first-order valence-electron chi connectivity index (χ1n) is 8.86. The first-order valence-corrected chi connectivity index (χ1v) is 9.84. The largest absolute Gasteiger partial charge is 0.426 e. The van der Waals surface area contributed by atoms with Crippen LogP contribution >= 0.6 is 11.8 Å². The van der Waals surface area contributed by atoms with Crippen LogP contribution in [0.3, 0.4) is 0 Å². The van der Waals surface area contributed by atoms with Crippen molar-refractivity contribution in [2.45, 2.75) is 5.16 Å². The SMILES string of the molecule is O=C(CSc1nnc(-c2ccc(F)cc2)n1-c1ccccc1)Oc1ccccc1. The molecule has 4 rings (SSSR count). The van der Waals surface area contributed by atoms with Crippen LogP contribution in [-0.4, -0.2) is 26.5 Å². The van der Waals surface area contributed by atoms with E-state index < -0.39 is 0 Å². The molecule has 0 bridgehead atoms. The Balaban J connectivity index is 1.60. The van der Waals surface area contributed by atoms with Crippen molar-refractivity contribution in [2.24, 2.45) is 0 Å². The second-order valence-corrected chi connectivity index (χ2v) is 7.00. The van der Waals surface area contributed by atoms with Gasteiger partial charge in [-0.3, -0.25) is 9.36 Å². The maximum Gasteiger partial charge on any atom is 0.321 e. The van der Waals surface area contributed by atoms with E-state index in [9.17, 15) is 9.18 Å². The summed E-state index contributed by atoms with van der Waals surface area (Å²) in [4.78, 5) is 12.2. The molecule has 4 aromatic rings. The second kappa shape index (κ2) is 8.70. The van der Waals surface area contributed by atoms with Crippen LogP contribution < -0.4 is 4.74 Å². The summed E-state index contributed by atoms with van der Waals surface area (Å²) in [6, 6.07) is 24.5. The quantitative estimate of drug-likeness (QED) is 0.263. The highest BCUT2D eigenvalue weighted by Crippen LogP contribution is 2.28. The van der Waals surface area contributed by atoms with Gasteiger partial charge in [-0.2, -0.15) is 0 Å². The zero-order valence-electron chi connectivity index (χ0n) is 15.2. The zero-order chi connectivity index (χ0) is 20.1. The van der Waals surface area contributed by atoms with Crippen molar-refractivity contribution in [1.29, 1.82) is 0 Å². The Morgan fingerprint density at radius 3 is 2.24 bits per heavy atom. The molecule has 0 aliphatic rings. The van der Waals surface area contributed by atoms with Crippen molar-refractivity contribution in [3.8, 4) is 22.8 Å². The van der Waals surface area contributed by atoms with Crippen LogP contribution in [0.4, 0.5) is 4.39 Å². The summed E-state index contributed by atoms with van der Waals surface area (Å²) in [5.74, 6) is 0.429. The Kier molecular flexibility index (Phi) is 5.67. The summed E-state index contributed by atoms with van der Waals surface area (Å²) in [5, 5.41) is 9.06. The number of thioether (sulfide) groups is 1. The van der Waals surface area contributed by atoms with Gasteiger partial charge in [0, 0.05) is 11.3 Å². The van der Waals surface area contributed by atoms with E-state index in [-0.39, 0.29) is 17.5 Å². The summed E-state index contributed by atoms with van der Waals surface area (Å²) in [5.41, 5.74) is 1.57. The van der Waals surface area contributed by atoms with Crippen molar-refractivity contribution >= 4 is 17.7 Å². The topological polar surface area (TPSA) is 57.0 Å². The number of ether oxygens (including phenoxy) is 1. The third-order valence-corrected chi connectivity index (χ3v) is 4.95. The molecule has 5 nitrogen and oxygen atoms in total. The van der Waals surface area contributed by atoms with E-state index in [4.69, 9.17) is 4.74 Å². The molecule has 1 heterocycles. The fraction of sp³-hybridized carbons (Fsp3) is 0.0455. The molecule has 29 heavy (non-hydrogen) atoms. The van der Waals surface area contributed by atoms with Crippen molar-refractivity contribution in [1.82, 2.24) is 14.8 Å². The molecule has 0 saturated heterocycles. The highest BCUT2D eigenvalue weighted by Gasteiger charge is 2.18. The van der Waals surface area contributed by atoms with Crippen LogP contribution in [0.5, 0.6) is 5.75 Å². The molecule has 0 aliphatic carbocycles. The molecule has 144 valence electrons. The molecule has 7 heteroatoms. The van der Waals surface area contributed by atoms with Crippen molar-refractivity contribution in [2.75, 3.05) is 5.75 Å². The number of para-hydroxylation sites is 2. The monoisotopic (exact) mass is 405 g/mol. The standard InChI is InChI=1S/C22H16FN3O2S/c23-17-13-11-16(12-14-17)21-24-25-22(26(21)18-7-3-1-4-8-18)29-15-20(27)28-19-9-5-2-6-10-19/h1-14H,15H2. The number of rotatable bonds is 6. The third-order valence-electron chi connectivity index (χ3n) is 4.04. The number of aromatic nitrogens is 3. The van der Waals surface area contributed by atoms with E-state index in [0.717, 1.165) is 11.3 Å². The molecule has 0 radical (unpaired) electrons. The molecule has 0 saturated carbocycles. The molecule has 1 aromatic heterocycles. The number of carbonyl (C=O) groups is 1. The summed E-state index contributed by atoms with van der Waals surface area (Å²) in [6.45, 7) is 0. The smallest absolute Gasteiger partial charge is 0.321 e. The van der Waals surface area contributed by atoms with Crippen molar-refractivity contribution in [3.63, 3.8) is 0 Å². The van der Waals surface area contributed by atoms with Gasteiger partial charge < -0.3 is 4.74 Å². The minimum Gasteiger partial charge on any atom is -0.426 e. The summed E-state index contributed by atoms with van der Waals surface area (Å²) >= 11 is 1.23. The van der Waals surface area contributed by atoms with Gasteiger partial charge in [0.15, 0.2) is 11.0 Å². The highest BCUT2D eigenvalue weighted by atomic mass is 32.2. The Morgan fingerprint density at radius 2 is 1.55 bits per heavy atom. The summed E-state index contributed by atoms with van der Waals surface area (Å²) in [6.07, 6.45) is 0. The fourth-order valence-electron chi connectivity index (χ4n) is 2.73. The number of hydrogen-bond acceptors (Lipinski definition) is 5. The predicted octanol–water partition coefficient (Wildman–Crippen LogP) is 4.77. The lowest BCUT2D eigenvalue weighted by molar-refractivity contribution is -0.131. The van der Waals surface area contributed by atoms with E-state index in [0.29, 0.717) is 16.7 Å². The predicted molar refractivity (Wildman–Crippen MR) is 110 cm³/mol. The Labute approximate surface area is 171 Å². The van der Waals surface area contributed by atoms with Crippen LogP contribution in [0.25, 0.3) is 17.1 Å². The molecule has 0 N–H and O–H groups in total. The maximum absolute atomic E-state index is 13.3. The number of carbonyl (C=O) groups excluding carboxylic acids is 1. The van der Waals surface area contributed by atoms with E-state index in [1.165, 1.54) is 23.9 Å². The Bertz CT molecular complexity index is 1100. The van der Waals surface area contributed by atoms with Gasteiger partial charge >= 0.3 is 5.97 Å². The van der Waals surface area contributed by atoms with Gasteiger partial charge in [-0.05, 0) is 48.5 Å². The van der Waals surface area contributed by atoms with E-state index in [1.54, 1.807) is 36.4 Å². The van der Waals surface area contributed by atoms with Gasteiger partial charge in [-0.25, -0.2) is 4.39 Å². The number of halogens is 1. The first-order chi connectivity index (χ1) is 14.2. The van der Waals surface area contributed by atoms with Crippen LogP contribution in [0, 0.1) is 5.82 Å². The average molecular weight is 405 g/mol. The molecule has 0 amide bonds. The Hall–Kier alpha value is -3.45. The van der Waals surface area contributed by atoms with Gasteiger partial charge in [-0.15, -0.1) is 10.2 Å². The lowest BCUT2D eigenvalue weighted by atomic mass is 10.2. The first kappa shape index (κ1) is 18.9. The minimum absolute atomic E-state index is 0.0727. The minimum atomic E-state index is -0.382. The van der Waals surface area contributed by atoms with E-state index in [1.807, 2.05) is 41.0 Å². The molecule has 0 atom stereocenters. The molecular formula is C22H16FN3O2S. The number of nitrogens with zero attached hydrogens (tertiary/aromatic N) is 3. The number of esters is 1. The summed E-state index contributed by atoms with van der Waals surface area (Å²) in [7, 11) is 0. The van der Waals surface area contributed by atoms with Gasteiger partial charge in [0.25, 0.3) is 0 Å². The average Bonchev–Trinajstić information content (AvgIpc) is 3.18. The molecule has 0 aliphatic heterocycles. The molecule has 0 unspecified atom stereocenters. The third kappa shape index (κ3) is 4.52. The van der Waals surface area contributed by atoms with E-state index >= 15 is 0 Å². The molecule has 0 spiro atoms. The number of hydrogen-bond donors (Lipinski definition) is 0. The maximum atomic E-state index is 13.3. The van der Waals surface area contributed by atoms with Gasteiger partial charge in [0.2, 0.25) is 0 Å².